The first-order valence-corrected chi connectivity index (χ1v) is 10.2. The fraction of sp³-hybridized carbons (Fsp3) is 0.316. The van der Waals surface area contributed by atoms with Gasteiger partial charge in [-0.25, -0.2) is 8.42 Å². The largest absolute Gasteiger partial charge is 0.485 e. The van der Waals surface area contributed by atoms with Gasteiger partial charge in [-0.05, 0) is 36.8 Å². The van der Waals surface area contributed by atoms with Crippen molar-refractivity contribution in [3.8, 4) is 5.75 Å². The van der Waals surface area contributed by atoms with Gasteiger partial charge in [0.05, 0.1) is 23.4 Å². The second kappa shape index (κ2) is 6.08. The number of ether oxygens (including phenoxy) is 1. The molecule has 4 rings (SSSR count). The maximum absolute atomic E-state index is 13.1. The zero-order valence-electron chi connectivity index (χ0n) is 14.2. The van der Waals surface area contributed by atoms with Crippen molar-refractivity contribution in [3.63, 3.8) is 0 Å². The molecule has 0 saturated carbocycles. The monoisotopic (exact) mass is 391 g/mol. The first-order chi connectivity index (χ1) is 12.3. The van der Waals surface area contributed by atoms with Crippen LogP contribution in [0.5, 0.6) is 5.75 Å². The number of sulfonamides is 1. The highest BCUT2D eigenvalue weighted by molar-refractivity contribution is 7.89. The lowest BCUT2D eigenvalue weighted by Gasteiger charge is -2.34. The standard InChI is InChI=1S/C19H18ClNO4S/c1-13-15(20)6-4-8-18(13)26(23,24)21-10-9-19(12-21)11-16(22)14-5-2-3-7-17(14)25-19/h2-8H,9-12H2,1H3. The maximum Gasteiger partial charge on any atom is 0.243 e. The van der Waals surface area contributed by atoms with E-state index in [1.165, 1.54) is 4.31 Å². The van der Waals surface area contributed by atoms with E-state index < -0.39 is 15.6 Å². The molecule has 1 saturated heterocycles. The Morgan fingerprint density at radius 3 is 2.73 bits per heavy atom. The molecule has 1 atom stereocenters. The summed E-state index contributed by atoms with van der Waals surface area (Å²) < 4.78 is 33.7. The van der Waals surface area contributed by atoms with Crippen molar-refractivity contribution in [3.05, 3.63) is 58.6 Å². The Kier molecular flexibility index (Phi) is 4.10. The van der Waals surface area contributed by atoms with E-state index in [2.05, 4.69) is 0 Å². The van der Waals surface area contributed by atoms with Crippen LogP contribution in [0.3, 0.4) is 0 Å². The van der Waals surface area contributed by atoms with Crippen LogP contribution in [0.25, 0.3) is 0 Å². The molecule has 1 unspecified atom stereocenters. The Morgan fingerprint density at radius 1 is 1.15 bits per heavy atom. The summed E-state index contributed by atoms with van der Waals surface area (Å²) in [6.07, 6.45) is 0.663. The third-order valence-corrected chi connectivity index (χ3v) is 7.51. The lowest BCUT2D eigenvalue weighted by Crippen LogP contribution is -2.45. The van der Waals surface area contributed by atoms with E-state index in [9.17, 15) is 13.2 Å². The molecule has 2 heterocycles. The van der Waals surface area contributed by atoms with E-state index in [4.69, 9.17) is 16.3 Å². The third-order valence-electron chi connectivity index (χ3n) is 5.11. The normalized spacial score (nSPS) is 23.1. The van der Waals surface area contributed by atoms with Crippen molar-refractivity contribution in [1.82, 2.24) is 4.31 Å². The number of ketones is 1. The van der Waals surface area contributed by atoms with Crippen LogP contribution in [0.15, 0.2) is 47.4 Å². The maximum atomic E-state index is 13.1. The number of carbonyl (C=O) groups is 1. The van der Waals surface area contributed by atoms with Gasteiger partial charge in [0.2, 0.25) is 10.0 Å². The number of carbonyl (C=O) groups excluding carboxylic acids is 1. The average molecular weight is 392 g/mol. The molecule has 0 amide bonds. The van der Waals surface area contributed by atoms with Gasteiger partial charge in [0, 0.05) is 18.0 Å². The first-order valence-electron chi connectivity index (χ1n) is 8.39. The molecular weight excluding hydrogens is 374 g/mol. The second-order valence-electron chi connectivity index (χ2n) is 6.83. The van der Waals surface area contributed by atoms with Gasteiger partial charge >= 0.3 is 0 Å². The minimum absolute atomic E-state index is 0.00923. The smallest absolute Gasteiger partial charge is 0.243 e. The van der Waals surface area contributed by atoms with E-state index in [1.807, 2.05) is 6.07 Å². The van der Waals surface area contributed by atoms with Gasteiger partial charge in [-0.3, -0.25) is 4.79 Å². The summed E-state index contributed by atoms with van der Waals surface area (Å²) in [5, 5.41) is 0.415. The summed E-state index contributed by atoms with van der Waals surface area (Å²) in [4.78, 5) is 12.7. The van der Waals surface area contributed by atoms with Crippen LogP contribution in [0.1, 0.15) is 28.8 Å². The lowest BCUT2D eigenvalue weighted by molar-refractivity contribution is 0.0498. The Morgan fingerprint density at radius 2 is 1.92 bits per heavy atom. The molecule has 1 spiro atoms. The topological polar surface area (TPSA) is 63.7 Å². The molecule has 2 aromatic rings. The summed E-state index contributed by atoms with van der Waals surface area (Å²) in [6.45, 7) is 2.16. The van der Waals surface area contributed by atoms with Gasteiger partial charge in [-0.15, -0.1) is 0 Å². The Bertz CT molecular complexity index is 1000. The molecule has 2 aliphatic heterocycles. The van der Waals surface area contributed by atoms with Gasteiger partial charge in [0.15, 0.2) is 5.78 Å². The van der Waals surface area contributed by atoms with Crippen LogP contribution in [0.2, 0.25) is 5.02 Å². The highest BCUT2D eigenvalue weighted by atomic mass is 35.5. The highest BCUT2D eigenvalue weighted by Gasteiger charge is 2.49. The van der Waals surface area contributed by atoms with Gasteiger partial charge in [0.25, 0.3) is 0 Å². The van der Waals surface area contributed by atoms with Gasteiger partial charge in [-0.1, -0.05) is 29.8 Å². The zero-order chi connectivity index (χ0) is 18.5. The van der Waals surface area contributed by atoms with Crippen molar-refractivity contribution in [2.45, 2.75) is 30.3 Å². The molecule has 5 nitrogen and oxygen atoms in total. The summed E-state index contributed by atoms with van der Waals surface area (Å²) in [5.74, 6) is 0.520. The Balaban J connectivity index is 1.65. The minimum Gasteiger partial charge on any atom is -0.485 e. The predicted molar refractivity (Wildman–Crippen MR) is 98.3 cm³/mol. The van der Waals surface area contributed by atoms with Crippen molar-refractivity contribution in [1.29, 1.82) is 0 Å². The van der Waals surface area contributed by atoms with E-state index in [1.54, 1.807) is 43.3 Å². The summed E-state index contributed by atoms with van der Waals surface area (Å²) in [5.41, 5.74) is 0.288. The van der Waals surface area contributed by atoms with Gasteiger partial charge in [0.1, 0.15) is 11.4 Å². The Labute approximate surface area is 157 Å². The second-order valence-corrected chi connectivity index (χ2v) is 9.15. The molecule has 136 valence electrons. The summed E-state index contributed by atoms with van der Waals surface area (Å²) in [7, 11) is -3.70. The highest BCUT2D eigenvalue weighted by Crippen LogP contribution is 2.40. The number of fused-ring (bicyclic) bond motifs is 1. The first kappa shape index (κ1) is 17.5. The number of benzene rings is 2. The molecule has 0 radical (unpaired) electrons. The quantitative estimate of drug-likeness (QED) is 0.786. The fourth-order valence-corrected chi connectivity index (χ4v) is 5.68. The number of hydrogen-bond acceptors (Lipinski definition) is 4. The molecule has 0 N–H and O–H groups in total. The molecule has 0 bridgehead atoms. The molecule has 2 aromatic carbocycles. The van der Waals surface area contributed by atoms with E-state index >= 15 is 0 Å². The number of para-hydroxylation sites is 1. The molecular formula is C19H18ClNO4S. The molecule has 0 aliphatic carbocycles. The lowest BCUT2D eigenvalue weighted by atomic mass is 9.89. The summed E-state index contributed by atoms with van der Waals surface area (Å²) >= 11 is 6.09. The number of halogens is 1. The zero-order valence-corrected chi connectivity index (χ0v) is 15.8. The van der Waals surface area contributed by atoms with Crippen LogP contribution < -0.4 is 4.74 Å². The molecule has 7 heteroatoms. The Hall–Kier alpha value is -1.89. The van der Waals surface area contributed by atoms with Crippen molar-refractivity contribution < 1.29 is 17.9 Å². The number of Topliss-reactive ketones (excluding diaryl/α,β-unsaturated/α-hetero) is 1. The van der Waals surface area contributed by atoms with Crippen LogP contribution in [-0.4, -0.2) is 37.2 Å². The molecule has 26 heavy (non-hydrogen) atoms. The van der Waals surface area contributed by atoms with Crippen LogP contribution >= 0.6 is 11.6 Å². The number of hydrogen-bond donors (Lipinski definition) is 0. The minimum atomic E-state index is -3.70. The average Bonchev–Trinajstić information content (AvgIpc) is 3.01. The molecule has 1 fully saturated rings. The van der Waals surface area contributed by atoms with Crippen molar-refractivity contribution in [2.75, 3.05) is 13.1 Å². The molecule has 0 aromatic heterocycles. The van der Waals surface area contributed by atoms with E-state index in [0.717, 1.165) is 0 Å². The van der Waals surface area contributed by atoms with Gasteiger partial charge < -0.3 is 4.74 Å². The predicted octanol–water partition coefficient (Wildman–Crippen LogP) is 3.45. The SMILES string of the molecule is Cc1c(Cl)cccc1S(=O)(=O)N1CCC2(CC(=O)c3ccccc3O2)C1. The van der Waals surface area contributed by atoms with Crippen LogP contribution in [-0.2, 0) is 10.0 Å². The van der Waals surface area contributed by atoms with E-state index in [-0.39, 0.29) is 23.6 Å². The van der Waals surface area contributed by atoms with Crippen LogP contribution in [0, 0.1) is 6.92 Å². The summed E-state index contributed by atoms with van der Waals surface area (Å²) in [6, 6.07) is 12.0. The van der Waals surface area contributed by atoms with Gasteiger partial charge in [-0.2, -0.15) is 4.31 Å². The van der Waals surface area contributed by atoms with E-state index in [0.29, 0.717) is 34.9 Å². The van der Waals surface area contributed by atoms with Crippen LogP contribution in [0.4, 0.5) is 0 Å². The number of nitrogens with zero attached hydrogens (tertiary/aromatic N) is 1. The number of rotatable bonds is 2. The van der Waals surface area contributed by atoms with Crippen molar-refractivity contribution in [2.24, 2.45) is 0 Å². The molecule has 2 aliphatic rings. The van der Waals surface area contributed by atoms with Crippen molar-refractivity contribution >= 4 is 27.4 Å². The third kappa shape index (κ3) is 2.73. The fourth-order valence-electron chi connectivity index (χ4n) is 3.69.